The Morgan fingerprint density at radius 1 is 1.47 bits per heavy atom. The van der Waals surface area contributed by atoms with Crippen molar-refractivity contribution in [2.24, 2.45) is 0 Å². The summed E-state index contributed by atoms with van der Waals surface area (Å²) < 4.78 is 2.53. The maximum Gasteiger partial charge on any atom is 0.124 e. The van der Waals surface area contributed by atoms with Crippen LogP contribution in [0.4, 0.5) is 0 Å². The van der Waals surface area contributed by atoms with Crippen molar-refractivity contribution in [3.8, 4) is 0 Å². The van der Waals surface area contributed by atoms with E-state index in [1.165, 1.54) is 18.6 Å². The van der Waals surface area contributed by atoms with Gasteiger partial charge in [0.05, 0.1) is 16.9 Å². The topological polar surface area (TPSA) is 17.8 Å². The van der Waals surface area contributed by atoms with Crippen LogP contribution in [0.25, 0.3) is 11.0 Å². The third kappa shape index (κ3) is 2.61. The summed E-state index contributed by atoms with van der Waals surface area (Å²) in [7, 11) is 0. The second kappa shape index (κ2) is 5.19. The molecule has 1 aromatic carbocycles. The number of fused-ring (bicyclic) bond motifs is 1. The first-order valence-corrected chi connectivity index (χ1v) is 8.36. The number of aromatic nitrogens is 2. The largest absolute Gasteiger partial charge is 0.326 e. The number of rotatable bonds is 3. The molecule has 0 amide bonds. The molecule has 0 N–H and O–H groups in total. The van der Waals surface area contributed by atoms with Crippen LogP contribution >= 0.6 is 35.0 Å². The van der Waals surface area contributed by atoms with E-state index in [1.54, 1.807) is 0 Å². The molecule has 1 atom stereocenters. The van der Waals surface area contributed by atoms with Crippen LogP contribution in [0.2, 0.25) is 5.02 Å². The van der Waals surface area contributed by atoms with Crippen LogP contribution < -0.4 is 0 Å². The molecule has 19 heavy (non-hydrogen) atoms. The SMILES string of the molecule is CC1(Cn2c(CCl)nc3ccc(Cl)cc32)CCCS1. The molecule has 1 unspecified atom stereocenters. The molecular weight excluding hydrogens is 299 g/mol. The van der Waals surface area contributed by atoms with Crippen molar-refractivity contribution in [2.75, 3.05) is 5.75 Å². The number of nitrogens with zero attached hydrogens (tertiary/aromatic N) is 2. The predicted molar refractivity (Wildman–Crippen MR) is 84.4 cm³/mol. The summed E-state index contributed by atoms with van der Waals surface area (Å²) in [5.41, 5.74) is 2.07. The maximum absolute atomic E-state index is 6.12. The standard InChI is InChI=1S/C14H16Cl2N2S/c1-14(5-2-6-19-14)9-18-12-7-10(16)3-4-11(12)17-13(18)8-15/h3-4,7H,2,5-6,8-9H2,1H3. The summed E-state index contributed by atoms with van der Waals surface area (Å²) in [4.78, 5) is 4.61. The third-order valence-corrected chi connectivity index (χ3v) is 5.70. The van der Waals surface area contributed by atoms with E-state index in [-0.39, 0.29) is 4.75 Å². The molecule has 2 aromatic rings. The molecule has 0 aliphatic carbocycles. The summed E-state index contributed by atoms with van der Waals surface area (Å²) >= 11 is 14.2. The highest BCUT2D eigenvalue weighted by molar-refractivity contribution is 8.00. The van der Waals surface area contributed by atoms with Crippen molar-refractivity contribution in [3.05, 3.63) is 29.0 Å². The zero-order valence-corrected chi connectivity index (χ0v) is 13.2. The molecule has 1 fully saturated rings. The van der Waals surface area contributed by atoms with E-state index < -0.39 is 0 Å². The summed E-state index contributed by atoms with van der Waals surface area (Å²) in [5.74, 6) is 2.63. The molecule has 1 aromatic heterocycles. The third-order valence-electron chi connectivity index (χ3n) is 3.70. The second-order valence-electron chi connectivity index (χ2n) is 5.28. The predicted octanol–water partition coefficient (Wildman–Crippen LogP) is 4.71. The van der Waals surface area contributed by atoms with E-state index in [4.69, 9.17) is 23.2 Å². The van der Waals surface area contributed by atoms with E-state index in [2.05, 4.69) is 28.2 Å². The first kappa shape index (κ1) is 13.6. The first-order valence-electron chi connectivity index (χ1n) is 6.46. The average molecular weight is 315 g/mol. The normalized spacial score (nSPS) is 23.3. The summed E-state index contributed by atoms with van der Waals surface area (Å²) in [6, 6.07) is 5.84. The molecule has 2 nitrogen and oxygen atoms in total. The maximum atomic E-state index is 6.12. The number of thioether (sulfide) groups is 1. The van der Waals surface area contributed by atoms with Crippen LogP contribution in [-0.4, -0.2) is 20.1 Å². The molecule has 0 bridgehead atoms. The lowest BCUT2D eigenvalue weighted by Gasteiger charge is -2.24. The minimum atomic E-state index is 0.288. The Labute approximate surface area is 127 Å². The molecule has 1 aliphatic rings. The Kier molecular flexibility index (Phi) is 3.71. The second-order valence-corrected chi connectivity index (χ2v) is 7.67. The van der Waals surface area contributed by atoms with Gasteiger partial charge in [-0.3, -0.25) is 0 Å². The van der Waals surface area contributed by atoms with E-state index in [9.17, 15) is 0 Å². The van der Waals surface area contributed by atoms with Crippen LogP contribution in [0.5, 0.6) is 0 Å². The van der Waals surface area contributed by atoms with Gasteiger partial charge < -0.3 is 4.57 Å². The Bertz CT molecular complexity index is 603. The molecule has 3 rings (SSSR count). The Morgan fingerprint density at radius 3 is 3.00 bits per heavy atom. The lowest BCUT2D eigenvalue weighted by Crippen LogP contribution is -2.24. The Balaban J connectivity index is 2.07. The fraction of sp³-hybridized carbons (Fsp3) is 0.500. The highest BCUT2D eigenvalue weighted by Gasteiger charge is 2.31. The summed E-state index contributed by atoms with van der Waals surface area (Å²) in [5, 5.41) is 0.749. The fourth-order valence-corrected chi connectivity index (χ4v) is 4.38. The van der Waals surface area contributed by atoms with Gasteiger partial charge in [0.1, 0.15) is 5.82 Å². The highest BCUT2D eigenvalue weighted by Crippen LogP contribution is 2.40. The first-order chi connectivity index (χ1) is 9.11. The quantitative estimate of drug-likeness (QED) is 0.763. The number of hydrogen-bond donors (Lipinski definition) is 0. The van der Waals surface area contributed by atoms with Crippen LogP contribution in [0.3, 0.4) is 0 Å². The fourth-order valence-electron chi connectivity index (χ4n) is 2.72. The molecule has 5 heteroatoms. The molecule has 2 heterocycles. The number of alkyl halides is 1. The highest BCUT2D eigenvalue weighted by atomic mass is 35.5. The molecule has 0 saturated carbocycles. The number of hydrogen-bond acceptors (Lipinski definition) is 2. The van der Waals surface area contributed by atoms with Gasteiger partial charge in [-0.2, -0.15) is 11.8 Å². The zero-order chi connectivity index (χ0) is 13.5. The number of benzene rings is 1. The summed E-state index contributed by atoms with van der Waals surface area (Å²) in [6.45, 7) is 3.29. The van der Waals surface area contributed by atoms with Crippen LogP contribution in [0.15, 0.2) is 18.2 Å². The van der Waals surface area contributed by atoms with Crippen molar-refractivity contribution < 1.29 is 0 Å². The minimum Gasteiger partial charge on any atom is -0.326 e. The van der Waals surface area contributed by atoms with Crippen molar-refractivity contribution >= 4 is 46.0 Å². The van der Waals surface area contributed by atoms with E-state index in [0.717, 1.165) is 28.4 Å². The molecule has 1 saturated heterocycles. The van der Waals surface area contributed by atoms with Crippen molar-refractivity contribution in [3.63, 3.8) is 0 Å². The van der Waals surface area contributed by atoms with Gasteiger partial charge in [-0.15, -0.1) is 11.6 Å². The Morgan fingerprint density at radius 2 is 2.32 bits per heavy atom. The van der Waals surface area contributed by atoms with Gasteiger partial charge in [0.2, 0.25) is 0 Å². The molecule has 102 valence electrons. The van der Waals surface area contributed by atoms with Gasteiger partial charge in [-0.25, -0.2) is 4.98 Å². The van der Waals surface area contributed by atoms with Crippen LogP contribution in [0.1, 0.15) is 25.6 Å². The smallest absolute Gasteiger partial charge is 0.124 e. The van der Waals surface area contributed by atoms with Gasteiger partial charge >= 0.3 is 0 Å². The Hall–Kier alpha value is -0.380. The lowest BCUT2D eigenvalue weighted by atomic mass is 10.1. The van der Waals surface area contributed by atoms with Gasteiger partial charge in [0, 0.05) is 16.3 Å². The minimum absolute atomic E-state index is 0.288. The molecular formula is C14H16Cl2N2S. The monoisotopic (exact) mass is 314 g/mol. The number of halogens is 2. The van der Waals surface area contributed by atoms with Crippen molar-refractivity contribution in [2.45, 2.75) is 36.9 Å². The van der Waals surface area contributed by atoms with Crippen LogP contribution in [-0.2, 0) is 12.4 Å². The molecule has 0 spiro atoms. The van der Waals surface area contributed by atoms with Gasteiger partial charge in [0.15, 0.2) is 0 Å². The molecule has 0 radical (unpaired) electrons. The average Bonchev–Trinajstić information content (AvgIpc) is 2.95. The summed E-state index contributed by atoms with van der Waals surface area (Å²) in [6.07, 6.45) is 2.55. The lowest BCUT2D eigenvalue weighted by molar-refractivity contribution is 0.510. The van der Waals surface area contributed by atoms with Gasteiger partial charge in [-0.1, -0.05) is 11.6 Å². The number of imidazole rings is 1. The zero-order valence-electron chi connectivity index (χ0n) is 10.8. The van der Waals surface area contributed by atoms with Crippen molar-refractivity contribution in [1.82, 2.24) is 9.55 Å². The van der Waals surface area contributed by atoms with Gasteiger partial charge in [0.25, 0.3) is 0 Å². The van der Waals surface area contributed by atoms with Crippen molar-refractivity contribution in [1.29, 1.82) is 0 Å². The van der Waals surface area contributed by atoms with E-state index in [0.29, 0.717) is 5.88 Å². The van der Waals surface area contributed by atoms with E-state index in [1.807, 2.05) is 18.2 Å². The van der Waals surface area contributed by atoms with Gasteiger partial charge in [-0.05, 0) is 43.7 Å². The van der Waals surface area contributed by atoms with Crippen LogP contribution in [0, 0.1) is 0 Å². The molecule has 1 aliphatic heterocycles. The van der Waals surface area contributed by atoms with E-state index >= 15 is 0 Å².